The van der Waals surface area contributed by atoms with Gasteiger partial charge in [-0.1, -0.05) is 12.1 Å². The van der Waals surface area contributed by atoms with Gasteiger partial charge >= 0.3 is 0 Å². The highest BCUT2D eigenvalue weighted by molar-refractivity contribution is 6.08. The van der Waals surface area contributed by atoms with Crippen LogP contribution in [0.5, 0.6) is 0 Å². The van der Waals surface area contributed by atoms with E-state index in [1.165, 1.54) is 12.1 Å². The summed E-state index contributed by atoms with van der Waals surface area (Å²) < 4.78 is 13.4. The number of halogens is 1. The Morgan fingerprint density at radius 3 is 2.62 bits per heavy atom. The van der Waals surface area contributed by atoms with Crippen LogP contribution in [0.15, 0.2) is 42.6 Å². The summed E-state index contributed by atoms with van der Waals surface area (Å²) in [6.45, 7) is 0. The third kappa shape index (κ3) is 1.98. The van der Waals surface area contributed by atoms with Crippen molar-refractivity contribution in [1.29, 1.82) is 0 Å². The normalized spacial score (nSPS) is 14.5. The summed E-state index contributed by atoms with van der Waals surface area (Å²) in [7, 11) is 0. The van der Waals surface area contributed by atoms with E-state index in [-0.39, 0.29) is 5.82 Å². The van der Waals surface area contributed by atoms with E-state index in [0.717, 1.165) is 51.3 Å². The molecule has 0 amide bonds. The van der Waals surface area contributed by atoms with Crippen LogP contribution >= 0.6 is 0 Å². The van der Waals surface area contributed by atoms with Crippen LogP contribution in [0.1, 0.15) is 24.5 Å². The third-order valence-electron chi connectivity index (χ3n) is 4.72. The zero-order valence-corrected chi connectivity index (χ0v) is 12.9. The number of fused-ring (bicyclic) bond motifs is 2. The van der Waals surface area contributed by atoms with Crippen LogP contribution in [0, 0.1) is 5.82 Å². The molecule has 3 N–H and O–H groups in total. The monoisotopic (exact) mass is 318 g/mol. The van der Waals surface area contributed by atoms with Crippen LogP contribution in [0.3, 0.4) is 0 Å². The van der Waals surface area contributed by atoms with Crippen LogP contribution in [0.4, 0.5) is 10.2 Å². The van der Waals surface area contributed by atoms with E-state index in [1.54, 1.807) is 6.20 Å². The number of anilines is 1. The number of aromatic nitrogens is 3. The maximum atomic E-state index is 13.4. The molecule has 2 heterocycles. The second-order valence-corrected chi connectivity index (χ2v) is 6.39. The second kappa shape index (κ2) is 4.77. The number of benzene rings is 2. The highest BCUT2D eigenvalue weighted by Gasteiger charge is 2.30. The third-order valence-corrected chi connectivity index (χ3v) is 4.72. The molecular weight excluding hydrogens is 303 g/mol. The number of H-pyrrole nitrogens is 1. The molecule has 4 nitrogen and oxygen atoms in total. The molecule has 0 radical (unpaired) electrons. The Labute approximate surface area is 137 Å². The topological polar surface area (TPSA) is 67.6 Å². The van der Waals surface area contributed by atoms with Gasteiger partial charge in [0.15, 0.2) is 0 Å². The summed E-state index contributed by atoms with van der Waals surface area (Å²) in [5, 5.41) is 10.0. The molecule has 1 aliphatic carbocycles. The second-order valence-electron chi connectivity index (χ2n) is 6.39. The van der Waals surface area contributed by atoms with Crippen LogP contribution in [-0.2, 0) is 0 Å². The maximum absolute atomic E-state index is 13.4. The summed E-state index contributed by atoms with van der Waals surface area (Å²) in [5.74, 6) is 0.739. The predicted octanol–water partition coefficient (Wildman–Crippen LogP) is 4.38. The van der Waals surface area contributed by atoms with Crippen molar-refractivity contribution in [2.24, 2.45) is 0 Å². The van der Waals surface area contributed by atoms with Gasteiger partial charge < -0.3 is 5.73 Å². The molecule has 0 bridgehead atoms. The highest BCUT2D eigenvalue weighted by Crippen LogP contribution is 2.47. The molecule has 24 heavy (non-hydrogen) atoms. The van der Waals surface area contributed by atoms with Gasteiger partial charge in [0.05, 0.1) is 17.4 Å². The van der Waals surface area contributed by atoms with E-state index in [2.05, 4.69) is 16.3 Å². The molecule has 2 aromatic carbocycles. The minimum absolute atomic E-state index is 0.239. The average molecular weight is 318 g/mol. The van der Waals surface area contributed by atoms with Crippen molar-refractivity contribution in [1.82, 2.24) is 15.2 Å². The quantitative estimate of drug-likeness (QED) is 0.576. The fourth-order valence-electron chi connectivity index (χ4n) is 3.37. The number of nitrogens with zero attached hydrogens (tertiary/aromatic N) is 2. The molecule has 1 saturated carbocycles. The van der Waals surface area contributed by atoms with Gasteiger partial charge in [-0.05, 0) is 48.1 Å². The first-order valence-electron chi connectivity index (χ1n) is 8.03. The molecule has 1 fully saturated rings. The molecule has 4 aromatic rings. The Morgan fingerprint density at radius 2 is 1.88 bits per heavy atom. The molecule has 0 saturated heterocycles. The van der Waals surface area contributed by atoms with E-state index in [0.29, 0.717) is 11.7 Å². The largest absolute Gasteiger partial charge is 0.383 e. The number of rotatable bonds is 2. The van der Waals surface area contributed by atoms with Gasteiger partial charge in [0.1, 0.15) is 11.6 Å². The molecule has 5 heteroatoms. The SMILES string of the molecule is Nc1nc(C2CC2)c(-c2ccc(F)cc2)c2cc3cn[nH]c3cc12. The van der Waals surface area contributed by atoms with Gasteiger partial charge in [-0.25, -0.2) is 9.37 Å². The van der Waals surface area contributed by atoms with Crippen molar-refractivity contribution in [3.63, 3.8) is 0 Å². The first-order valence-corrected chi connectivity index (χ1v) is 8.03. The minimum atomic E-state index is -0.239. The van der Waals surface area contributed by atoms with Gasteiger partial charge in [0.2, 0.25) is 0 Å². The first kappa shape index (κ1) is 13.5. The van der Waals surface area contributed by atoms with Crippen molar-refractivity contribution >= 4 is 27.5 Å². The molecule has 0 spiro atoms. The molecule has 5 rings (SSSR count). The Bertz CT molecular complexity index is 1080. The van der Waals surface area contributed by atoms with E-state index < -0.39 is 0 Å². The molecule has 0 aliphatic heterocycles. The van der Waals surface area contributed by atoms with E-state index in [1.807, 2.05) is 18.2 Å². The summed E-state index contributed by atoms with van der Waals surface area (Å²) in [4.78, 5) is 4.70. The lowest BCUT2D eigenvalue weighted by Gasteiger charge is -2.14. The van der Waals surface area contributed by atoms with Gasteiger partial charge in [-0.15, -0.1) is 0 Å². The Balaban J connectivity index is 1.91. The van der Waals surface area contributed by atoms with Crippen LogP contribution in [0.25, 0.3) is 32.8 Å². The number of hydrogen-bond acceptors (Lipinski definition) is 3. The van der Waals surface area contributed by atoms with Crippen molar-refractivity contribution in [3.05, 3.63) is 54.1 Å². The fourth-order valence-corrected chi connectivity index (χ4v) is 3.37. The Hall–Kier alpha value is -2.95. The standard InChI is InChI=1S/C19H15FN4/c20-13-5-3-10(4-6-13)17-14-7-12-9-22-24-16(12)8-15(14)19(21)23-18(17)11-1-2-11/h3-9,11H,1-2H2,(H2,21,23)(H,22,24). The van der Waals surface area contributed by atoms with Gasteiger partial charge in [-0.2, -0.15) is 5.10 Å². The average Bonchev–Trinajstić information content (AvgIpc) is 3.33. The maximum Gasteiger partial charge on any atom is 0.131 e. The van der Waals surface area contributed by atoms with Crippen LogP contribution in [0.2, 0.25) is 0 Å². The summed E-state index contributed by atoms with van der Waals surface area (Å²) in [6, 6.07) is 10.7. The zero-order chi connectivity index (χ0) is 16.3. The van der Waals surface area contributed by atoms with E-state index >= 15 is 0 Å². The number of pyridine rings is 1. The lowest BCUT2D eigenvalue weighted by atomic mass is 9.94. The predicted molar refractivity (Wildman–Crippen MR) is 93.2 cm³/mol. The van der Waals surface area contributed by atoms with Crippen molar-refractivity contribution in [2.75, 3.05) is 5.73 Å². The van der Waals surface area contributed by atoms with E-state index in [4.69, 9.17) is 10.7 Å². The summed E-state index contributed by atoms with van der Waals surface area (Å²) in [5.41, 5.74) is 10.2. The smallest absolute Gasteiger partial charge is 0.131 e. The number of aromatic amines is 1. The van der Waals surface area contributed by atoms with Crippen molar-refractivity contribution < 1.29 is 4.39 Å². The van der Waals surface area contributed by atoms with Gasteiger partial charge in [0.25, 0.3) is 0 Å². The molecule has 0 atom stereocenters. The lowest BCUT2D eigenvalue weighted by molar-refractivity contribution is 0.628. The van der Waals surface area contributed by atoms with Crippen LogP contribution in [-0.4, -0.2) is 15.2 Å². The highest BCUT2D eigenvalue weighted by atomic mass is 19.1. The van der Waals surface area contributed by atoms with Gasteiger partial charge in [-0.3, -0.25) is 5.10 Å². The number of hydrogen-bond donors (Lipinski definition) is 2. The Morgan fingerprint density at radius 1 is 1.08 bits per heavy atom. The molecule has 1 aliphatic rings. The molecule has 2 aromatic heterocycles. The van der Waals surface area contributed by atoms with Crippen molar-refractivity contribution in [3.8, 4) is 11.1 Å². The molecule has 118 valence electrons. The molecule has 0 unspecified atom stereocenters. The number of nitrogens with one attached hydrogen (secondary N) is 1. The summed E-state index contributed by atoms with van der Waals surface area (Å²) >= 11 is 0. The lowest BCUT2D eigenvalue weighted by Crippen LogP contribution is -2.00. The minimum Gasteiger partial charge on any atom is -0.383 e. The molecular formula is C19H15FN4. The van der Waals surface area contributed by atoms with E-state index in [9.17, 15) is 4.39 Å². The van der Waals surface area contributed by atoms with Gasteiger partial charge in [0, 0.05) is 22.3 Å². The fraction of sp³-hybridized carbons (Fsp3) is 0.158. The number of nitrogen functional groups attached to an aromatic ring is 1. The zero-order valence-electron chi connectivity index (χ0n) is 12.9. The van der Waals surface area contributed by atoms with Crippen LogP contribution < -0.4 is 5.73 Å². The van der Waals surface area contributed by atoms with Crippen molar-refractivity contribution in [2.45, 2.75) is 18.8 Å². The number of nitrogens with two attached hydrogens (primary N) is 1. The summed E-state index contributed by atoms with van der Waals surface area (Å²) in [6.07, 6.45) is 4.05. The Kier molecular flexibility index (Phi) is 2.68. The first-order chi connectivity index (χ1) is 11.7.